The molecule has 130 valence electrons. The smallest absolute Gasteiger partial charge is 0.353 e. The van der Waals surface area contributed by atoms with Crippen LogP contribution in [0.3, 0.4) is 0 Å². The number of nitrogens with two attached hydrogens (primary N) is 1. The molecule has 0 radical (unpaired) electrons. The van der Waals surface area contributed by atoms with Gasteiger partial charge in [-0.3, -0.25) is 4.79 Å². The molecule has 0 spiro atoms. The van der Waals surface area contributed by atoms with Gasteiger partial charge in [0.05, 0.1) is 0 Å². The van der Waals surface area contributed by atoms with Crippen molar-refractivity contribution in [3.63, 3.8) is 0 Å². The van der Waals surface area contributed by atoms with E-state index in [1.807, 2.05) is 0 Å². The Kier molecular flexibility index (Phi) is 5.46. The molecular formula is C19H13ClN2O3S. The molecule has 2 aromatic carbocycles. The molecule has 7 heteroatoms. The minimum absolute atomic E-state index is 0.100. The zero-order valence-corrected chi connectivity index (χ0v) is 15.0. The minimum Gasteiger partial charge on any atom is -0.422 e. The van der Waals surface area contributed by atoms with Crippen LogP contribution in [0.2, 0.25) is 5.02 Å². The summed E-state index contributed by atoms with van der Waals surface area (Å²) >= 11 is 7.14. The molecule has 0 amide bonds. The predicted molar refractivity (Wildman–Crippen MR) is 102 cm³/mol. The van der Waals surface area contributed by atoms with Crippen molar-refractivity contribution in [3.8, 4) is 5.75 Å². The SMILES string of the molecule is N/N=C(/C(=O)c1ccc(Cl)cc1)c1ccc(OC(=O)c2cccs2)cc1. The Morgan fingerprint density at radius 3 is 2.19 bits per heavy atom. The number of Topliss-reactive ketones (excluding diaryl/α,β-unsaturated/α-hetero) is 1. The van der Waals surface area contributed by atoms with Crippen molar-refractivity contribution >= 4 is 40.4 Å². The maximum Gasteiger partial charge on any atom is 0.353 e. The minimum atomic E-state index is -0.433. The number of hydrazone groups is 1. The van der Waals surface area contributed by atoms with Crippen molar-refractivity contribution in [1.29, 1.82) is 0 Å². The molecule has 3 aromatic rings. The van der Waals surface area contributed by atoms with Crippen molar-refractivity contribution in [1.82, 2.24) is 0 Å². The Labute approximate surface area is 158 Å². The third-order valence-corrected chi connectivity index (χ3v) is 4.61. The molecule has 2 N–H and O–H groups in total. The summed E-state index contributed by atoms with van der Waals surface area (Å²) in [5.41, 5.74) is 1.04. The lowest BCUT2D eigenvalue weighted by Crippen LogP contribution is -2.17. The van der Waals surface area contributed by atoms with E-state index in [0.717, 1.165) is 0 Å². The standard InChI is InChI=1S/C19H13ClN2O3S/c20-14-7-3-13(4-8-14)18(23)17(22-21)12-5-9-15(10-6-12)25-19(24)16-2-1-11-26-16/h1-11H,21H2/b22-17+. The average Bonchev–Trinajstić information content (AvgIpc) is 3.19. The van der Waals surface area contributed by atoms with Crippen LogP contribution in [0.1, 0.15) is 25.6 Å². The van der Waals surface area contributed by atoms with E-state index in [2.05, 4.69) is 5.10 Å². The molecule has 1 heterocycles. The molecule has 0 aliphatic rings. The molecule has 0 fully saturated rings. The summed E-state index contributed by atoms with van der Waals surface area (Å²) in [6.07, 6.45) is 0. The lowest BCUT2D eigenvalue weighted by molar-refractivity contribution is 0.0739. The van der Waals surface area contributed by atoms with Crippen molar-refractivity contribution in [2.75, 3.05) is 0 Å². The van der Waals surface area contributed by atoms with Crippen LogP contribution in [0.5, 0.6) is 5.75 Å². The van der Waals surface area contributed by atoms with Crippen LogP contribution in [0.25, 0.3) is 0 Å². The summed E-state index contributed by atoms with van der Waals surface area (Å²) in [6, 6.07) is 16.3. The first-order valence-corrected chi connectivity index (χ1v) is 8.78. The highest BCUT2D eigenvalue weighted by atomic mass is 35.5. The topological polar surface area (TPSA) is 81.8 Å². The average molecular weight is 385 g/mol. The number of thiophene rings is 1. The van der Waals surface area contributed by atoms with Crippen LogP contribution < -0.4 is 10.6 Å². The molecule has 0 bridgehead atoms. The molecule has 0 aliphatic carbocycles. The summed E-state index contributed by atoms with van der Waals surface area (Å²) in [4.78, 5) is 25.0. The van der Waals surface area contributed by atoms with Gasteiger partial charge in [0.1, 0.15) is 16.3 Å². The number of carbonyl (C=O) groups excluding carboxylic acids is 2. The van der Waals surface area contributed by atoms with Gasteiger partial charge in [-0.15, -0.1) is 11.3 Å². The molecule has 0 aliphatic heterocycles. The monoisotopic (exact) mass is 384 g/mol. The van der Waals surface area contributed by atoms with Crippen molar-refractivity contribution in [3.05, 3.63) is 87.1 Å². The van der Waals surface area contributed by atoms with E-state index in [1.165, 1.54) is 11.3 Å². The molecule has 5 nitrogen and oxygen atoms in total. The lowest BCUT2D eigenvalue weighted by atomic mass is 10.0. The molecular weight excluding hydrogens is 372 g/mol. The Morgan fingerprint density at radius 1 is 0.962 bits per heavy atom. The van der Waals surface area contributed by atoms with Crippen LogP contribution >= 0.6 is 22.9 Å². The second-order valence-electron chi connectivity index (χ2n) is 5.20. The van der Waals surface area contributed by atoms with Crippen LogP contribution in [0, 0.1) is 0 Å². The second-order valence-corrected chi connectivity index (χ2v) is 6.59. The van der Waals surface area contributed by atoms with Gasteiger partial charge in [0.25, 0.3) is 0 Å². The summed E-state index contributed by atoms with van der Waals surface area (Å²) in [5.74, 6) is 5.02. The number of carbonyl (C=O) groups is 2. The first-order chi connectivity index (χ1) is 12.6. The Hall–Kier alpha value is -2.96. The normalized spacial score (nSPS) is 11.2. The van der Waals surface area contributed by atoms with Crippen LogP contribution in [-0.2, 0) is 0 Å². The van der Waals surface area contributed by atoms with Crippen LogP contribution in [0.4, 0.5) is 0 Å². The Morgan fingerprint density at radius 2 is 1.62 bits per heavy atom. The lowest BCUT2D eigenvalue weighted by Gasteiger charge is -2.07. The van der Waals surface area contributed by atoms with E-state index in [-0.39, 0.29) is 11.5 Å². The number of ether oxygens (including phenoxy) is 1. The van der Waals surface area contributed by atoms with E-state index in [0.29, 0.717) is 26.8 Å². The van der Waals surface area contributed by atoms with Gasteiger partial charge in [-0.2, -0.15) is 5.10 Å². The number of hydrogen-bond acceptors (Lipinski definition) is 6. The zero-order chi connectivity index (χ0) is 18.5. The number of ketones is 1. The Balaban J connectivity index is 1.77. The number of esters is 1. The highest BCUT2D eigenvalue weighted by molar-refractivity contribution is 7.12. The number of rotatable bonds is 5. The quantitative estimate of drug-likeness (QED) is 0.179. The van der Waals surface area contributed by atoms with Gasteiger partial charge in [0.15, 0.2) is 0 Å². The predicted octanol–water partition coefficient (Wildman–Crippen LogP) is 4.17. The van der Waals surface area contributed by atoms with E-state index in [9.17, 15) is 9.59 Å². The summed E-state index contributed by atoms with van der Waals surface area (Å²) in [7, 11) is 0. The fourth-order valence-electron chi connectivity index (χ4n) is 2.24. The van der Waals surface area contributed by atoms with E-state index in [1.54, 1.807) is 66.0 Å². The fourth-order valence-corrected chi connectivity index (χ4v) is 2.96. The Bertz CT molecular complexity index is 949. The number of hydrogen-bond donors (Lipinski definition) is 1. The van der Waals surface area contributed by atoms with Crippen LogP contribution in [0.15, 0.2) is 71.1 Å². The van der Waals surface area contributed by atoms with Crippen molar-refractivity contribution in [2.24, 2.45) is 10.9 Å². The number of halogens is 1. The molecule has 0 atom stereocenters. The second kappa shape index (κ2) is 7.95. The summed E-state index contributed by atoms with van der Waals surface area (Å²) in [5, 5.41) is 5.95. The fraction of sp³-hybridized carbons (Fsp3) is 0. The van der Waals surface area contributed by atoms with Gasteiger partial charge in [0.2, 0.25) is 5.78 Å². The molecule has 0 saturated carbocycles. The zero-order valence-electron chi connectivity index (χ0n) is 13.4. The first-order valence-electron chi connectivity index (χ1n) is 7.53. The largest absolute Gasteiger partial charge is 0.422 e. The molecule has 0 saturated heterocycles. The molecule has 3 rings (SSSR count). The van der Waals surface area contributed by atoms with E-state index >= 15 is 0 Å². The van der Waals surface area contributed by atoms with Gasteiger partial charge in [-0.05, 0) is 60.0 Å². The van der Waals surface area contributed by atoms with Gasteiger partial charge in [-0.1, -0.05) is 17.7 Å². The van der Waals surface area contributed by atoms with Crippen molar-refractivity contribution < 1.29 is 14.3 Å². The van der Waals surface area contributed by atoms with E-state index in [4.69, 9.17) is 22.2 Å². The maximum absolute atomic E-state index is 12.6. The van der Waals surface area contributed by atoms with Crippen LogP contribution in [-0.4, -0.2) is 17.5 Å². The number of benzene rings is 2. The van der Waals surface area contributed by atoms with Gasteiger partial charge in [-0.25, -0.2) is 4.79 Å². The first kappa shape index (κ1) is 17.8. The summed E-state index contributed by atoms with van der Waals surface area (Å²) in [6.45, 7) is 0. The third kappa shape index (κ3) is 3.99. The summed E-state index contributed by atoms with van der Waals surface area (Å²) < 4.78 is 5.29. The van der Waals surface area contributed by atoms with Gasteiger partial charge < -0.3 is 10.6 Å². The maximum atomic E-state index is 12.6. The van der Waals surface area contributed by atoms with Gasteiger partial charge >= 0.3 is 5.97 Å². The number of nitrogens with zero attached hydrogens (tertiary/aromatic N) is 1. The third-order valence-electron chi connectivity index (χ3n) is 3.51. The molecule has 0 unspecified atom stereocenters. The highest BCUT2D eigenvalue weighted by Crippen LogP contribution is 2.18. The van der Waals surface area contributed by atoms with Gasteiger partial charge in [0, 0.05) is 16.1 Å². The van der Waals surface area contributed by atoms with Crippen molar-refractivity contribution in [2.45, 2.75) is 0 Å². The highest BCUT2D eigenvalue weighted by Gasteiger charge is 2.17. The molecule has 1 aromatic heterocycles. The van der Waals surface area contributed by atoms with E-state index < -0.39 is 5.97 Å². The molecule has 26 heavy (non-hydrogen) atoms.